The summed E-state index contributed by atoms with van der Waals surface area (Å²) < 4.78 is 59.6. The van der Waals surface area contributed by atoms with Crippen LogP contribution in [-0.4, -0.2) is 82.8 Å². The Morgan fingerprint density at radius 2 is 1.38 bits per heavy atom. The number of hydrogen-bond donors (Lipinski definition) is 0. The molecular formula is C22H29N3O5S2. The van der Waals surface area contributed by atoms with Gasteiger partial charge in [0.05, 0.1) is 23.9 Å². The van der Waals surface area contributed by atoms with Gasteiger partial charge in [-0.25, -0.2) is 16.8 Å². The lowest BCUT2D eigenvalue weighted by molar-refractivity contribution is 0.0730. The SMILES string of the molecule is O=S(=O)(Cc1ccccc1)N1CCN(Cc2cccc(S(=O)(=O)N3CCOCC3)c2)CC1. The molecule has 32 heavy (non-hydrogen) atoms. The van der Waals surface area contributed by atoms with Crippen LogP contribution in [0.5, 0.6) is 0 Å². The first-order valence-electron chi connectivity index (χ1n) is 10.8. The van der Waals surface area contributed by atoms with Gasteiger partial charge in [0.2, 0.25) is 20.0 Å². The summed E-state index contributed by atoms with van der Waals surface area (Å²) in [6.45, 7) is 4.22. The van der Waals surface area contributed by atoms with Crippen molar-refractivity contribution in [2.75, 3.05) is 52.5 Å². The van der Waals surface area contributed by atoms with E-state index in [1.54, 1.807) is 22.5 Å². The van der Waals surface area contributed by atoms with Gasteiger partial charge in [-0.2, -0.15) is 8.61 Å². The van der Waals surface area contributed by atoms with Gasteiger partial charge in [-0.15, -0.1) is 0 Å². The van der Waals surface area contributed by atoms with Crippen molar-refractivity contribution in [2.24, 2.45) is 0 Å². The van der Waals surface area contributed by atoms with Gasteiger partial charge in [-0.3, -0.25) is 4.90 Å². The zero-order chi connectivity index (χ0) is 22.6. The van der Waals surface area contributed by atoms with Gasteiger partial charge in [0.15, 0.2) is 0 Å². The second-order valence-electron chi connectivity index (χ2n) is 8.08. The molecule has 10 heteroatoms. The van der Waals surface area contributed by atoms with E-state index in [1.165, 1.54) is 4.31 Å². The molecule has 174 valence electrons. The van der Waals surface area contributed by atoms with Crippen molar-refractivity contribution in [1.82, 2.24) is 13.5 Å². The molecule has 4 rings (SSSR count). The zero-order valence-electron chi connectivity index (χ0n) is 18.0. The van der Waals surface area contributed by atoms with Crippen LogP contribution in [0.2, 0.25) is 0 Å². The Morgan fingerprint density at radius 1 is 0.719 bits per heavy atom. The normalized spacial score (nSPS) is 19.8. The highest BCUT2D eigenvalue weighted by molar-refractivity contribution is 7.89. The minimum atomic E-state index is -3.54. The van der Waals surface area contributed by atoms with E-state index in [0.717, 1.165) is 11.1 Å². The van der Waals surface area contributed by atoms with Crippen LogP contribution < -0.4 is 0 Å². The van der Waals surface area contributed by atoms with Gasteiger partial charge in [-0.1, -0.05) is 42.5 Å². The average molecular weight is 480 g/mol. The van der Waals surface area contributed by atoms with Crippen molar-refractivity contribution in [1.29, 1.82) is 0 Å². The van der Waals surface area contributed by atoms with Gasteiger partial charge in [-0.05, 0) is 23.3 Å². The Balaban J connectivity index is 1.36. The lowest BCUT2D eigenvalue weighted by Crippen LogP contribution is -2.48. The van der Waals surface area contributed by atoms with Gasteiger partial charge in [0, 0.05) is 45.8 Å². The third-order valence-corrected chi connectivity index (χ3v) is 9.57. The molecule has 0 aromatic heterocycles. The van der Waals surface area contributed by atoms with E-state index in [1.807, 2.05) is 36.4 Å². The molecule has 0 N–H and O–H groups in total. The number of piperazine rings is 1. The van der Waals surface area contributed by atoms with Crippen LogP contribution in [0.25, 0.3) is 0 Å². The number of sulfonamides is 2. The molecule has 2 aromatic carbocycles. The summed E-state index contributed by atoms with van der Waals surface area (Å²) in [5, 5.41) is 0. The fraction of sp³-hybridized carbons (Fsp3) is 0.455. The summed E-state index contributed by atoms with van der Waals surface area (Å²) in [5.74, 6) is 0.00921. The van der Waals surface area contributed by atoms with Crippen LogP contribution in [0, 0.1) is 0 Å². The number of ether oxygens (including phenoxy) is 1. The summed E-state index contributed by atoms with van der Waals surface area (Å²) in [4.78, 5) is 2.45. The predicted octanol–water partition coefficient (Wildman–Crippen LogP) is 1.36. The number of rotatable bonds is 7. The van der Waals surface area contributed by atoms with E-state index >= 15 is 0 Å². The third-order valence-electron chi connectivity index (χ3n) is 5.83. The van der Waals surface area contributed by atoms with Crippen LogP contribution in [-0.2, 0) is 37.1 Å². The molecule has 8 nitrogen and oxygen atoms in total. The first kappa shape index (κ1) is 23.3. The van der Waals surface area contributed by atoms with Crippen LogP contribution in [0.1, 0.15) is 11.1 Å². The van der Waals surface area contributed by atoms with Crippen molar-refractivity contribution in [3.8, 4) is 0 Å². The average Bonchev–Trinajstić information content (AvgIpc) is 2.81. The minimum absolute atomic E-state index is 0.00921. The lowest BCUT2D eigenvalue weighted by Gasteiger charge is -2.34. The van der Waals surface area contributed by atoms with Crippen molar-refractivity contribution >= 4 is 20.0 Å². The Morgan fingerprint density at radius 3 is 2.06 bits per heavy atom. The number of nitrogens with zero attached hydrogens (tertiary/aromatic N) is 3. The summed E-state index contributed by atoms with van der Waals surface area (Å²) >= 11 is 0. The Hall–Kier alpha value is -1.82. The van der Waals surface area contributed by atoms with Crippen molar-refractivity contribution in [3.63, 3.8) is 0 Å². The van der Waals surface area contributed by atoms with Gasteiger partial charge in [0.1, 0.15) is 0 Å². The molecule has 0 spiro atoms. The molecule has 0 bridgehead atoms. The summed E-state index contributed by atoms with van der Waals surface area (Å²) in [5.41, 5.74) is 1.69. The van der Waals surface area contributed by atoms with E-state index in [2.05, 4.69) is 4.90 Å². The Bertz CT molecular complexity index is 1110. The summed E-state index contributed by atoms with van der Waals surface area (Å²) in [7, 11) is -6.90. The highest BCUT2D eigenvalue weighted by Crippen LogP contribution is 2.20. The number of hydrogen-bond acceptors (Lipinski definition) is 6. The van der Waals surface area contributed by atoms with E-state index in [0.29, 0.717) is 63.9 Å². The van der Waals surface area contributed by atoms with Crippen molar-refractivity contribution in [3.05, 3.63) is 65.7 Å². The maximum atomic E-state index is 12.9. The van der Waals surface area contributed by atoms with Crippen molar-refractivity contribution < 1.29 is 21.6 Å². The topological polar surface area (TPSA) is 87.2 Å². The van der Waals surface area contributed by atoms with Crippen LogP contribution >= 0.6 is 0 Å². The van der Waals surface area contributed by atoms with Crippen molar-refractivity contribution in [2.45, 2.75) is 17.2 Å². The molecule has 0 unspecified atom stereocenters. The van der Waals surface area contributed by atoms with Crippen LogP contribution in [0.4, 0.5) is 0 Å². The van der Waals surface area contributed by atoms with E-state index < -0.39 is 20.0 Å². The fourth-order valence-corrected chi connectivity index (χ4v) is 7.04. The molecule has 2 aliphatic rings. The molecule has 2 fully saturated rings. The monoisotopic (exact) mass is 479 g/mol. The number of benzene rings is 2. The Kier molecular flexibility index (Phi) is 7.28. The van der Waals surface area contributed by atoms with Crippen LogP contribution in [0.3, 0.4) is 0 Å². The summed E-state index contributed by atoms with van der Waals surface area (Å²) in [6, 6.07) is 16.2. The second-order valence-corrected chi connectivity index (χ2v) is 12.0. The molecule has 2 aromatic rings. The first-order valence-corrected chi connectivity index (χ1v) is 13.8. The standard InChI is InChI=1S/C22H29N3O5S2/c26-31(27,19-20-5-2-1-3-6-20)24-11-9-23(10-12-24)18-21-7-4-8-22(17-21)32(28,29)25-13-15-30-16-14-25/h1-8,17H,9-16,18-19H2. The quantitative estimate of drug-likeness (QED) is 0.596. The number of morpholine rings is 1. The van der Waals surface area contributed by atoms with Gasteiger partial charge >= 0.3 is 0 Å². The predicted molar refractivity (Wildman–Crippen MR) is 122 cm³/mol. The smallest absolute Gasteiger partial charge is 0.243 e. The van der Waals surface area contributed by atoms with Crippen LogP contribution in [0.15, 0.2) is 59.5 Å². The molecule has 2 saturated heterocycles. The molecule has 0 saturated carbocycles. The third kappa shape index (κ3) is 5.56. The summed E-state index contributed by atoms with van der Waals surface area (Å²) in [6.07, 6.45) is 0. The molecule has 2 heterocycles. The van der Waals surface area contributed by atoms with E-state index in [4.69, 9.17) is 4.74 Å². The lowest BCUT2D eigenvalue weighted by atomic mass is 10.2. The highest BCUT2D eigenvalue weighted by Gasteiger charge is 2.28. The highest BCUT2D eigenvalue weighted by atomic mass is 32.2. The molecule has 2 aliphatic heterocycles. The molecule has 0 aliphatic carbocycles. The molecule has 0 amide bonds. The maximum absolute atomic E-state index is 12.9. The fourth-order valence-electron chi connectivity index (χ4n) is 4.04. The second kappa shape index (κ2) is 9.98. The van der Waals surface area contributed by atoms with Gasteiger partial charge < -0.3 is 4.74 Å². The molecular weight excluding hydrogens is 450 g/mol. The van der Waals surface area contributed by atoms with E-state index in [-0.39, 0.29) is 5.75 Å². The molecule has 0 radical (unpaired) electrons. The minimum Gasteiger partial charge on any atom is -0.379 e. The largest absolute Gasteiger partial charge is 0.379 e. The zero-order valence-corrected chi connectivity index (χ0v) is 19.6. The van der Waals surface area contributed by atoms with E-state index in [9.17, 15) is 16.8 Å². The molecule has 0 atom stereocenters. The van der Waals surface area contributed by atoms with Gasteiger partial charge in [0.25, 0.3) is 0 Å². The maximum Gasteiger partial charge on any atom is 0.243 e. The Labute approximate surface area is 190 Å². The first-order chi connectivity index (χ1) is 15.3.